The fraction of sp³-hybridized carbons (Fsp3) is 0.143. The summed E-state index contributed by atoms with van der Waals surface area (Å²) in [5.74, 6) is -0.862. The molecular weight excluding hydrogens is 272 g/mol. The van der Waals surface area contributed by atoms with Crippen molar-refractivity contribution < 1.29 is 9.53 Å². The van der Waals surface area contributed by atoms with Gasteiger partial charge in [0.25, 0.3) is 0 Å². The highest BCUT2D eigenvalue weighted by molar-refractivity contribution is 6.15. The minimum atomic E-state index is -0.862. The maximum absolute atomic E-state index is 11.6. The minimum absolute atomic E-state index is 0.0697. The second kappa shape index (κ2) is 7.83. The summed E-state index contributed by atoms with van der Waals surface area (Å²) in [4.78, 5) is 21.5. The van der Waals surface area contributed by atoms with Crippen LogP contribution in [0.1, 0.15) is 0 Å². The molecule has 0 fully saturated rings. The molecule has 0 saturated heterocycles. The molecule has 0 heterocycles. The van der Waals surface area contributed by atoms with Crippen molar-refractivity contribution in [1.82, 2.24) is 0 Å². The molecule has 0 amide bonds. The summed E-state index contributed by atoms with van der Waals surface area (Å²) in [6, 6.07) is 11.0. The van der Waals surface area contributed by atoms with Crippen molar-refractivity contribution in [3.63, 3.8) is 0 Å². The third kappa shape index (κ3) is 3.99. The number of rotatable bonds is 4. The summed E-state index contributed by atoms with van der Waals surface area (Å²) in [5.41, 5.74) is -0.303. The van der Waals surface area contributed by atoms with E-state index in [9.17, 15) is 9.70 Å². The van der Waals surface area contributed by atoms with Crippen LogP contribution in [0.4, 0.5) is 0 Å². The van der Waals surface area contributed by atoms with E-state index >= 15 is 0 Å². The Hall–Kier alpha value is -3.50. The lowest BCUT2D eigenvalue weighted by molar-refractivity contribution is -0.136. The Morgan fingerprint density at radius 3 is 2.10 bits per heavy atom. The second-order valence-electron chi connectivity index (χ2n) is 3.65. The predicted octanol–water partition coefficient (Wildman–Crippen LogP) is -0.132. The fourth-order valence-corrected chi connectivity index (χ4v) is 1.43. The molecule has 0 aliphatic rings. The second-order valence-corrected chi connectivity index (χ2v) is 3.65. The van der Waals surface area contributed by atoms with Gasteiger partial charge in [-0.25, -0.2) is 4.79 Å². The normalized spacial score (nSPS) is 8.62. The molecule has 21 heavy (non-hydrogen) atoms. The lowest BCUT2D eigenvalue weighted by Gasteiger charge is -2.00. The lowest BCUT2D eigenvalue weighted by Crippen LogP contribution is -2.18. The van der Waals surface area contributed by atoms with Gasteiger partial charge < -0.3 is 4.74 Å². The number of carbonyl (C=O) groups is 1. The van der Waals surface area contributed by atoms with Gasteiger partial charge in [-0.3, -0.25) is 0 Å². The minimum Gasteiger partial charge on any atom is -0.459 e. The van der Waals surface area contributed by atoms with Gasteiger partial charge in [0, 0.05) is 5.22 Å². The maximum atomic E-state index is 11.6. The molecule has 0 saturated carbocycles. The highest BCUT2D eigenvalue weighted by Crippen LogP contribution is 1.96. The molecule has 1 rings (SSSR count). The molecule has 0 aliphatic heterocycles. The van der Waals surface area contributed by atoms with Gasteiger partial charge in [-0.2, -0.15) is 20.7 Å². The summed E-state index contributed by atoms with van der Waals surface area (Å²) >= 11 is 0. The van der Waals surface area contributed by atoms with E-state index in [0.29, 0.717) is 10.4 Å². The highest BCUT2D eigenvalue weighted by atomic mass is 16.5. The molecule has 0 aromatic heterocycles. The number of esters is 1. The van der Waals surface area contributed by atoms with E-state index in [4.69, 9.17) is 20.5 Å². The van der Waals surface area contributed by atoms with Crippen molar-refractivity contribution in [3.8, 4) is 18.2 Å². The average molecular weight is 280 g/mol. The Kier molecular flexibility index (Phi) is 5.80. The predicted molar refractivity (Wildman–Crippen MR) is 71.0 cm³/mol. The van der Waals surface area contributed by atoms with Crippen LogP contribution in [0.5, 0.6) is 0 Å². The van der Waals surface area contributed by atoms with Crippen LogP contribution in [0.3, 0.4) is 0 Å². The molecule has 0 N–H and O–H groups in total. The van der Waals surface area contributed by atoms with Crippen LogP contribution in [0.2, 0.25) is 0 Å². The monoisotopic (exact) mass is 280 g/mol. The third-order valence-corrected chi connectivity index (χ3v) is 2.42. The van der Waals surface area contributed by atoms with E-state index in [1.54, 1.807) is 18.2 Å². The van der Waals surface area contributed by atoms with Crippen molar-refractivity contribution in [2.45, 2.75) is 0 Å². The molecule has 1 aromatic rings. The van der Waals surface area contributed by atoms with E-state index in [1.165, 1.54) is 24.3 Å². The van der Waals surface area contributed by atoms with Crippen LogP contribution >= 0.6 is 0 Å². The zero-order valence-electron chi connectivity index (χ0n) is 10.7. The Balaban J connectivity index is 3.24. The number of nitrogens with zero attached hydrogens (tertiary/aromatic N) is 4. The van der Waals surface area contributed by atoms with Crippen molar-refractivity contribution in [2.75, 3.05) is 13.2 Å². The maximum Gasteiger partial charge on any atom is 0.349 e. The van der Waals surface area contributed by atoms with Gasteiger partial charge in [-0.15, -0.1) is 0 Å². The summed E-state index contributed by atoms with van der Waals surface area (Å²) in [6.45, 7) is -0.390. The van der Waals surface area contributed by atoms with Gasteiger partial charge in [0.05, 0.1) is 0 Å². The number of hydrogen-bond donors (Lipinski definition) is 0. The van der Waals surface area contributed by atoms with Gasteiger partial charge in [0.15, 0.2) is 0 Å². The highest BCUT2D eigenvalue weighted by Gasteiger charge is 2.11. The molecule has 0 atom stereocenters. The fourth-order valence-electron chi connectivity index (χ4n) is 1.43. The lowest BCUT2D eigenvalue weighted by atomic mass is 10.1. The van der Waals surface area contributed by atoms with E-state index in [2.05, 4.69) is 5.18 Å². The van der Waals surface area contributed by atoms with E-state index < -0.39 is 5.97 Å². The zero-order chi connectivity index (χ0) is 15.7. The van der Waals surface area contributed by atoms with Crippen LogP contribution in [0.25, 0.3) is 11.1 Å². The molecule has 0 bridgehead atoms. The largest absolute Gasteiger partial charge is 0.459 e. The van der Waals surface area contributed by atoms with Gasteiger partial charge in [0.2, 0.25) is 0 Å². The van der Waals surface area contributed by atoms with E-state index in [1.807, 2.05) is 0 Å². The summed E-state index contributed by atoms with van der Waals surface area (Å²) in [5, 5.41) is 29.7. The van der Waals surface area contributed by atoms with Gasteiger partial charge in [-0.1, -0.05) is 29.4 Å². The molecule has 0 radical (unpaired) electrons. The third-order valence-electron chi connectivity index (χ3n) is 2.42. The van der Waals surface area contributed by atoms with Gasteiger partial charge in [0.1, 0.15) is 42.5 Å². The summed E-state index contributed by atoms with van der Waals surface area (Å²) < 4.78 is 4.71. The average Bonchev–Trinajstić information content (AvgIpc) is 2.51. The summed E-state index contributed by atoms with van der Waals surface area (Å²) in [6.07, 6.45) is 0. The molecule has 7 heteroatoms. The van der Waals surface area contributed by atoms with Crippen molar-refractivity contribution in [2.24, 2.45) is 5.18 Å². The molecule has 0 unspecified atom stereocenters. The van der Waals surface area contributed by atoms with Crippen LogP contribution in [-0.4, -0.2) is 19.1 Å². The number of hydrogen-bond acceptors (Lipinski definition) is 7. The smallest absolute Gasteiger partial charge is 0.349 e. The number of nitriles is 3. The first-order valence-electron chi connectivity index (χ1n) is 5.69. The molecule has 0 spiro atoms. The number of ether oxygens (including phenoxy) is 1. The molecule has 1 aromatic carbocycles. The summed E-state index contributed by atoms with van der Waals surface area (Å²) in [7, 11) is 0. The molecular formula is C14H8N4O3. The van der Waals surface area contributed by atoms with E-state index in [0.717, 1.165) is 0 Å². The standard InChI is InChI=1S/C14H8N4O3/c15-7-12(8-16)10-1-3-11(4-2-10)13(9-17)14(19)21-6-5-18-20/h1-4H,5-6H2. The quantitative estimate of drug-likeness (QED) is 0.429. The zero-order valence-corrected chi connectivity index (χ0v) is 10.7. The number of carbonyl (C=O) groups excluding carboxylic acids is 1. The van der Waals surface area contributed by atoms with Crippen molar-refractivity contribution in [1.29, 1.82) is 15.8 Å². The van der Waals surface area contributed by atoms with Crippen molar-refractivity contribution >= 4 is 17.1 Å². The molecule has 0 aliphatic carbocycles. The topological polar surface area (TPSA) is 127 Å². The number of nitroso groups, excluding NO2 is 1. The molecule has 102 valence electrons. The van der Waals surface area contributed by atoms with Crippen LogP contribution < -0.4 is 10.4 Å². The Labute approximate surface area is 119 Å². The van der Waals surface area contributed by atoms with Crippen LogP contribution in [0, 0.1) is 38.9 Å². The Morgan fingerprint density at radius 1 is 1.05 bits per heavy atom. The Morgan fingerprint density at radius 2 is 1.62 bits per heavy atom. The van der Waals surface area contributed by atoms with Crippen LogP contribution in [0.15, 0.2) is 29.4 Å². The van der Waals surface area contributed by atoms with Gasteiger partial charge >= 0.3 is 5.97 Å². The first-order chi connectivity index (χ1) is 10.2. The molecule has 7 nitrogen and oxygen atoms in total. The first-order valence-corrected chi connectivity index (χ1v) is 5.69. The van der Waals surface area contributed by atoms with Crippen LogP contribution in [-0.2, 0) is 9.53 Å². The number of benzene rings is 1. The SMILES string of the molecule is N#CC(C#N)=c1ccc(=C(C#N)C(=O)OCCN=O)cc1. The van der Waals surface area contributed by atoms with Gasteiger partial charge in [-0.05, 0) is 5.22 Å². The Bertz CT molecular complexity index is 767. The van der Waals surface area contributed by atoms with Crippen molar-refractivity contribution in [3.05, 3.63) is 39.6 Å². The van der Waals surface area contributed by atoms with E-state index in [-0.39, 0.29) is 24.3 Å². The first kappa shape index (κ1) is 15.6.